The van der Waals surface area contributed by atoms with Crippen LogP contribution in [0.3, 0.4) is 0 Å². The number of aliphatic hydroxyl groups excluding tert-OH is 1. The maximum absolute atomic E-state index is 8.89. The minimum Gasteiger partial charge on any atom is -0.496 e. The van der Waals surface area contributed by atoms with Crippen LogP contribution < -0.4 is 4.74 Å². The van der Waals surface area contributed by atoms with Crippen LogP contribution >= 0.6 is 0 Å². The molecule has 0 saturated carbocycles. The number of hydrogen-bond acceptors (Lipinski definition) is 2. The molecule has 0 atom stereocenters. The van der Waals surface area contributed by atoms with Crippen LogP contribution in [0.2, 0.25) is 0 Å². The Hall–Kier alpha value is -1.02. The van der Waals surface area contributed by atoms with Gasteiger partial charge in [-0.2, -0.15) is 0 Å². The second kappa shape index (κ2) is 4.12. The molecule has 0 aliphatic heterocycles. The highest BCUT2D eigenvalue weighted by atomic mass is 16.5. The number of ether oxygens (including phenoxy) is 1. The van der Waals surface area contributed by atoms with E-state index in [0.717, 1.165) is 29.9 Å². The Morgan fingerprint density at radius 2 is 2.25 bits per heavy atom. The van der Waals surface area contributed by atoms with Crippen LogP contribution in [0, 0.1) is 6.61 Å². The van der Waals surface area contributed by atoms with E-state index in [2.05, 4.69) is 0 Å². The van der Waals surface area contributed by atoms with Crippen LogP contribution in [-0.2, 0) is 6.42 Å². The summed E-state index contributed by atoms with van der Waals surface area (Å²) in [5, 5.41) is 8.89. The molecule has 0 amide bonds. The lowest BCUT2D eigenvalue weighted by Crippen LogP contribution is -1.95. The van der Waals surface area contributed by atoms with Gasteiger partial charge in [0.15, 0.2) is 0 Å². The van der Waals surface area contributed by atoms with Crippen LogP contribution in [0.15, 0.2) is 18.2 Å². The van der Waals surface area contributed by atoms with Gasteiger partial charge in [-0.05, 0) is 23.6 Å². The van der Waals surface area contributed by atoms with E-state index >= 15 is 0 Å². The summed E-state index contributed by atoms with van der Waals surface area (Å²) in [6.45, 7) is 3.15. The largest absolute Gasteiger partial charge is 0.496 e. The molecule has 0 bridgehead atoms. The van der Waals surface area contributed by atoms with E-state index in [1.807, 2.05) is 25.1 Å². The van der Waals surface area contributed by atoms with Crippen molar-refractivity contribution in [3.63, 3.8) is 0 Å². The molecule has 1 rings (SSSR count). The molecule has 2 nitrogen and oxygen atoms in total. The molecule has 0 heterocycles. The molecule has 1 N–H and O–H groups in total. The average Bonchev–Trinajstić information content (AvgIpc) is 2.16. The number of hydrogen-bond donors (Lipinski definition) is 1. The van der Waals surface area contributed by atoms with Crippen LogP contribution in [0.5, 0.6) is 5.75 Å². The zero-order valence-electron chi connectivity index (χ0n) is 7.37. The van der Waals surface area contributed by atoms with Crippen molar-refractivity contribution in [2.45, 2.75) is 13.3 Å². The first kappa shape index (κ1) is 9.07. The predicted molar refractivity (Wildman–Crippen MR) is 47.7 cm³/mol. The summed E-state index contributed by atoms with van der Waals surface area (Å²) in [6.07, 6.45) is 0.858. The van der Waals surface area contributed by atoms with Gasteiger partial charge in [-0.25, -0.2) is 0 Å². The molecule has 0 spiro atoms. The summed E-state index contributed by atoms with van der Waals surface area (Å²) in [4.78, 5) is 0. The van der Waals surface area contributed by atoms with Gasteiger partial charge < -0.3 is 9.84 Å². The Morgan fingerprint density at radius 1 is 1.50 bits per heavy atom. The Morgan fingerprint density at radius 3 is 2.75 bits per heavy atom. The van der Waals surface area contributed by atoms with Gasteiger partial charge >= 0.3 is 0 Å². The second-order valence-electron chi connectivity index (χ2n) is 2.51. The molecule has 0 aliphatic carbocycles. The Bertz CT molecular complexity index is 234. The van der Waals surface area contributed by atoms with Crippen LogP contribution in [-0.4, -0.2) is 12.2 Å². The quantitative estimate of drug-likeness (QED) is 0.743. The number of rotatable bonds is 3. The molecule has 0 fully saturated rings. The number of methoxy groups -OCH3 is 1. The summed E-state index contributed by atoms with van der Waals surface area (Å²) < 4.78 is 5.15. The fourth-order valence-corrected chi connectivity index (χ4v) is 1.27. The van der Waals surface area contributed by atoms with Gasteiger partial charge in [0, 0.05) is 0 Å². The zero-order valence-corrected chi connectivity index (χ0v) is 7.37. The first-order valence-corrected chi connectivity index (χ1v) is 3.96. The van der Waals surface area contributed by atoms with Crippen molar-refractivity contribution in [2.24, 2.45) is 0 Å². The molecule has 12 heavy (non-hydrogen) atoms. The van der Waals surface area contributed by atoms with E-state index in [1.165, 1.54) is 0 Å². The van der Waals surface area contributed by atoms with Gasteiger partial charge in [0.1, 0.15) is 12.4 Å². The normalized spacial score (nSPS) is 9.92. The SMILES string of the molecule is CCc1c([CH]O)cccc1OC. The van der Waals surface area contributed by atoms with Crippen LogP contribution in [0.4, 0.5) is 0 Å². The lowest BCUT2D eigenvalue weighted by atomic mass is 10.0. The maximum Gasteiger partial charge on any atom is 0.122 e. The van der Waals surface area contributed by atoms with E-state index in [-0.39, 0.29) is 0 Å². The predicted octanol–water partition coefficient (Wildman–Crippen LogP) is 2.14. The van der Waals surface area contributed by atoms with E-state index < -0.39 is 0 Å². The van der Waals surface area contributed by atoms with Crippen molar-refractivity contribution in [3.8, 4) is 5.75 Å². The minimum absolute atomic E-state index is 0.830. The Kier molecular flexibility index (Phi) is 3.11. The highest BCUT2D eigenvalue weighted by Gasteiger charge is 2.05. The summed E-state index contributed by atoms with van der Waals surface area (Å²) in [5.74, 6) is 0.834. The van der Waals surface area contributed by atoms with Gasteiger partial charge in [-0.15, -0.1) is 0 Å². The fourth-order valence-electron chi connectivity index (χ4n) is 1.27. The number of benzene rings is 1. The molecule has 0 aromatic heterocycles. The standard InChI is InChI=1S/C10H13O2/c1-3-9-8(7-11)5-4-6-10(9)12-2/h4-7,11H,3H2,1-2H3. The molecule has 65 valence electrons. The van der Waals surface area contributed by atoms with Crippen LogP contribution in [0.1, 0.15) is 18.1 Å². The van der Waals surface area contributed by atoms with Crippen molar-refractivity contribution in [1.29, 1.82) is 0 Å². The van der Waals surface area contributed by atoms with Crippen molar-refractivity contribution in [3.05, 3.63) is 35.9 Å². The third kappa shape index (κ3) is 1.59. The number of aliphatic hydroxyl groups is 1. The fraction of sp³-hybridized carbons (Fsp3) is 0.300. The third-order valence-electron chi connectivity index (χ3n) is 1.88. The molecule has 0 saturated heterocycles. The van der Waals surface area contributed by atoms with Gasteiger partial charge in [0.2, 0.25) is 0 Å². The smallest absolute Gasteiger partial charge is 0.122 e. The summed E-state index contributed by atoms with van der Waals surface area (Å²) in [7, 11) is 1.63. The average molecular weight is 165 g/mol. The summed E-state index contributed by atoms with van der Waals surface area (Å²) in [6, 6.07) is 5.62. The lowest BCUT2D eigenvalue weighted by Gasteiger charge is -2.09. The summed E-state index contributed by atoms with van der Waals surface area (Å²) in [5.41, 5.74) is 1.87. The van der Waals surface area contributed by atoms with E-state index in [0.29, 0.717) is 0 Å². The van der Waals surface area contributed by atoms with Crippen molar-refractivity contribution in [2.75, 3.05) is 7.11 Å². The molecule has 0 aliphatic rings. The van der Waals surface area contributed by atoms with Gasteiger partial charge in [0.05, 0.1) is 7.11 Å². The van der Waals surface area contributed by atoms with Crippen molar-refractivity contribution < 1.29 is 9.84 Å². The monoisotopic (exact) mass is 165 g/mol. The molecule has 1 radical (unpaired) electrons. The van der Waals surface area contributed by atoms with Crippen LogP contribution in [0.25, 0.3) is 0 Å². The topological polar surface area (TPSA) is 29.5 Å². The van der Waals surface area contributed by atoms with Crippen molar-refractivity contribution >= 4 is 0 Å². The van der Waals surface area contributed by atoms with E-state index in [1.54, 1.807) is 7.11 Å². The van der Waals surface area contributed by atoms with Gasteiger partial charge in [-0.3, -0.25) is 0 Å². The second-order valence-corrected chi connectivity index (χ2v) is 2.51. The molecular weight excluding hydrogens is 152 g/mol. The highest BCUT2D eigenvalue weighted by Crippen LogP contribution is 2.22. The summed E-state index contributed by atoms with van der Waals surface area (Å²) >= 11 is 0. The minimum atomic E-state index is 0.830. The lowest BCUT2D eigenvalue weighted by molar-refractivity contribution is 0.399. The molecular formula is C10H13O2. The van der Waals surface area contributed by atoms with E-state index in [9.17, 15) is 0 Å². The molecule has 0 unspecified atom stereocenters. The van der Waals surface area contributed by atoms with E-state index in [4.69, 9.17) is 9.84 Å². The first-order valence-electron chi connectivity index (χ1n) is 3.96. The zero-order chi connectivity index (χ0) is 8.97. The third-order valence-corrected chi connectivity index (χ3v) is 1.88. The maximum atomic E-state index is 8.89. The van der Waals surface area contributed by atoms with Gasteiger partial charge in [0.25, 0.3) is 0 Å². The highest BCUT2D eigenvalue weighted by molar-refractivity contribution is 5.42. The Labute approximate surface area is 72.8 Å². The van der Waals surface area contributed by atoms with Gasteiger partial charge in [-0.1, -0.05) is 19.1 Å². The molecule has 1 aromatic rings. The van der Waals surface area contributed by atoms with Crippen molar-refractivity contribution in [1.82, 2.24) is 0 Å². The Balaban J connectivity index is 3.13. The molecule has 1 aromatic carbocycles. The first-order chi connectivity index (χ1) is 5.83. The molecule has 2 heteroatoms.